The molecule has 0 saturated carbocycles. The van der Waals surface area contributed by atoms with E-state index in [2.05, 4.69) is 10.4 Å². The highest BCUT2D eigenvalue weighted by molar-refractivity contribution is 6.00. The fraction of sp³-hybridized carbons (Fsp3) is 0.500. The highest BCUT2D eigenvalue weighted by atomic mass is 16.2. The van der Waals surface area contributed by atoms with Crippen LogP contribution in [0.4, 0.5) is 5.82 Å². The van der Waals surface area contributed by atoms with Crippen molar-refractivity contribution in [3.8, 4) is 0 Å². The Morgan fingerprint density at radius 1 is 1.38 bits per heavy atom. The van der Waals surface area contributed by atoms with E-state index in [1.54, 1.807) is 49.8 Å². The number of nitrogen functional groups attached to an aromatic ring is 1. The lowest BCUT2D eigenvalue weighted by Crippen LogP contribution is -2.63. The minimum Gasteiger partial charge on any atom is -0.342 e. The predicted molar refractivity (Wildman–Crippen MR) is 79.5 cm³/mol. The lowest BCUT2D eigenvalue weighted by Gasteiger charge is -2.44. The van der Waals surface area contributed by atoms with E-state index in [1.165, 1.54) is 0 Å². The Balaban J connectivity index is 2.35. The van der Waals surface area contributed by atoms with Gasteiger partial charge in [-0.1, -0.05) is 0 Å². The molecular weight excluding hydrogens is 270 g/mol. The molecule has 7 heteroatoms. The maximum atomic E-state index is 12.7. The average molecular weight is 291 g/mol. The summed E-state index contributed by atoms with van der Waals surface area (Å²) in [7, 11) is 1.75. The fourth-order valence-electron chi connectivity index (χ4n) is 2.59. The zero-order valence-electron chi connectivity index (χ0n) is 12.8. The van der Waals surface area contributed by atoms with Gasteiger partial charge in [-0.15, -0.1) is 0 Å². The summed E-state index contributed by atoms with van der Waals surface area (Å²) in [6, 6.07) is 3.29. The van der Waals surface area contributed by atoms with Crippen LogP contribution in [0.5, 0.6) is 0 Å². The van der Waals surface area contributed by atoms with Crippen molar-refractivity contribution in [1.29, 1.82) is 0 Å². The summed E-state index contributed by atoms with van der Waals surface area (Å²) in [4.78, 5) is 32.4. The van der Waals surface area contributed by atoms with E-state index in [0.717, 1.165) is 0 Å². The number of aromatic nitrogens is 1. The summed E-state index contributed by atoms with van der Waals surface area (Å²) in [6.45, 7) is 6.34. The second kappa shape index (κ2) is 5.33. The number of carbonyl (C=O) groups excluding carboxylic acids is 2. The van der Waals surface area contributed by atoms with Gasteiger partial charge >= 0.3 is 0 Å². The number of nitrogens with zero attached hydrogens (tertiary/aromatic N) is 3. The van der Waals surface area contributed by atoms with Gasteiger partial charge in [-0.05, 0) is 32.9 Å². The van der Waals surface area contributed by atoms with Gasteiger partial charge in [0.2, 0.25) is 5.91 Å². The van der Waals surface area contributed by atoms with Crippen molar-refractivity contribution in [1.82, 2.24) is 14.8 Å². The van der Waals surface area contributed by atoms with Gasteiger partial charge in [-0.3, -0.25) is 9.59 Å². The van der Waals surface area contributed by atoms with Gasteiger partial charge in [0.25, 0.3) is 5.91 Å². The van der Waals surface area contributed by atoms with Crippen molar-refractivity contribution in [2.45, 2.75) is 26.3 Å². The number of pyridine rings is 1. The molecule has 0 radical (unpaired) electrons. The number of piperazine rings is 1. The summed E-state index contributed by atoms with van der Waals surface area (Å²) in [5.41, 5.74) is 2.74. The summed E-state index contributed by atoms with van der Waals surface area (Å²) in [6.07, 6.45) is 0. The van der Waals surface area contributed by atoms with Crippen LogP contribution in [0.15, 0.2) is 12.1 Å². The Hall–Kier alpha value is -2.15. The van der Waals surface area contributed by atoms with E-state index in [-0.39, 0.29) is 11.8 Å². The van der Waals surface area contributed by atoms with Crippen LogP contribution in [-0.2, 0) is 4.79 Å². The number of aryl methyl sites for hydroxylation is 1. The predicted octanol–water partition coefficient (Wildman–Crippen LogP) is 0.368. The first-order chi connectivity index (χ1) is 9.77. The SMILES string of the molecule is Cc1cc(C(=O)N2CCN(C)C(=O)C2(C)C)cc(NN)n1. The molecule has 114 valence electrons. The lowest BCUT2D eigenvalue weighted by atomic mass is 9.96. The molecule has 2 heterocycles. The molecular formula is C14H21N5O2. The molecule has 2 amide bonds. The molecule has 21 heavy (non-hydrogen) atoms. The van der Waals surface area contributed by atoms with E-state index in [9.17, 15) is 9.59 Å². The van der Waals surface area contributed by atoms with Crippen LogP contribution in [-0.4, -0.2) is 52.3 Å². The molecule has 1 aliphatic rings. The first kappa shape index (κ1) is 15.2. The number of likely N-dealkylation sites (N-methyl/N-ethyl adjacent to an activating group) is 1. The second-order valence-corrected chi connectivity index (χ2v) is 5.77. The molecule has 0 atom stereocenters. The first-order valence-electron chi connectivity index (χ1n) is 6.80. The maximum Gasteiger partial charge on any atom is 0.254 e. The van der Waals surface area contributed by atoms with E-state index in [4.69, 9.17) is 5.84 Å². The minimum atomic E-state index is -0.864. The summed E-state index contributed by atoms with van der Waals surface area (Å²) >= 11 is 0. The second-order valence-electron chi connectivity index (χ2n) is 5.77. The third-order valence-corrected chi connectivity index (χ3v) is 3.80. The number of hydrazine groups is 1. The number of nitrogens with two attached hydrogens (primary N) is 1. The van der Waals surface area contributed by atoms with Crippen molar-refractivity contribution in [3.63, 3.8) is 0 Å². The monoisotopic (exact) mass is 291 g/mol. The van der Waals surface area contributed by atoms with Crippen LogP contribution in [0, 0.1) is 6.92 Å². The molecule has 3 N–H and O–H groups in total. The highest BCUT2D eigenvalue weighted by Gasteiger charge is 2.43. The Labute approximate surface area is 124 Å². The van der Waals surface area contributed by atoms with Crippen molar-refractivity contribution in [2.24, 2.45) is 5.84 Å². The third-order valence-electron chi connectivity index (χ3n) is 3.80. The summed E-state index contributed by atoms with van der Waals surface area (Å²) in [5.74, 6) is 5.53. The van der Waals surface area contributed by atoms with E-state index in [1.807, 2.05) is 0 Å². The molecule has 0 aliphatic carbocycles. The first-order valence-corrected chi connectivity index (χ1v) is 6.80. The molecule has 2 rings (SSSR count). The van der Waals surface area contributed by atoms with Gasteiger partial charge in [-0.2, -0.15) is 0 Å². The smallest absolute Gasteiger partial charge is 0.254 e. The van der Waals surface area contributed by atoms with Crippen molar-refractivity contribution in [2.75, 3.05) is 25.6 Å². The molecule has 1 aromatic heterocycles. The molecule has 1 aromatic rings. The van der Waals surface area contributed by atoms with Gasteiger partial charge in [0, 0.05) is 31.4 Å². The maximum absolute atomic E-state index is 12.7. The number of hydrogen-bond acceptors (Lipinski definition) is 5. The normalized spacial score (nSPS) is 17.9. The molecule has 0 bridgehead atoms. The Kier molecular flexibility index (Phi) is 3.87. The van der Waals surface area contributed by atoms with Crippen LogP contribution >= 0.6 is 0 Å². The van der Waals surface area contributed by atoms with Gasteiger partial charge in [0.05, 0.1) is 0 Å². The summed E-state index contributed by atoms with van der Waals surface area (Å²) < 4.78 is 0. The van der Waals surface area contributed by atoms with Crippen LogP contribution < -0.4 is 11.3 Å². The van der Waals surface area contributed by atoms with E-state index < -0.39 is 5.54 Å². The fourth-order valence-corrected chi connectivity index (χ4v) is 2.59. The topological polar surface area (TPSA) is 91.6 Å². The van der Waals surface area contributed by atoms with Gasteiger partial charge < -0.3 is 15.2 Å². The van der Waals surface area contributed by atoms with E-state index >= 15 is 0 Å². The number of hydrogen-bond donors (Lipinski definition) is 2. The summed E-state index contributed by atoms with van der Waals surface area (Å²) in [5, 5.41) is 0. The molecule has 0 aromatic carbocycles. The molecule has 1 saturated heterocycles. The zero-order valence-corrected chi connectivity index (χ0v) is 12.8. The number of rotatable bonds is 2. The Bertz CT molecular complexity index is 585. The van der Waals surface area contributed by atoms with Gasteiger partial charge in [-0.25, -0.2) is 10.8 Å². The lowest BCUT2D eigenvalue weighted by molar-refractivity contribution is -0.144. The Morgan fingerprint density at radius 3 is 2.67 bits per heavy atom. The number of nitrogens with one attached hydrogen (secondary N) is 1. The zero-order chi connectivity index (χ0) is 15.8. The van der Waals surface area contributed by atoms with Crippen LogP contribution in [0.3, 0.4) is 0 Å². The molecule has 1 aliphatic heterocycles. The quantitative estimate of drug-likeness (QED) is 0.607. The molecule has 0 unspecified atom stereocenters. The average Bonchev–Trinajstić information content (AvgIpc) is 2.43. The molecule has 7 nitrogen and oxygen atoms in total. The van der Waals surface area contributed by atoms with Gasteiger partial charge in [0.15, 0.2) is 0 Å². The Morgan fingerprint density at radius 2 is 2.05 bits per heavy atom. The third kappa shape index (κ3) is 2.69. The highest BCUT2D eigenvalue weighted by Crippen LogP contribution is 2.24. The van der Waals surface area contributed by atoms with Crippen molar-refractivity contribution < 1.29 is 9.59 Å². The van der Waals surface area contributed by atoms with Crippen LogP contribution in [0.25, 0.3) is 0 Å². The molecule has 1 fully saturated rings. The largest absolute Gasteiger partial charge is 0.342 e. The molecule has 0 spiro atoms. The minimum absolute atomic E-state index is 0.0648. The van der Waals surface area contributed by atoms with Gasteiger partial charge in [0.1, 0.15) is 11.4 Å². The van der Waals surface area contributed by atoms with E-state index in [0.29, 0.717) is 30.2 Å². The number of anilines is 1. The van der Waals surface area contributed by atoms with Crippen LogP contribution in [0.2, 0.25) is 0 Å². The number of carbonyl (C=O) groups is 2. The number of amides is 2. The van der Waals surface area contributed by atoms with Crippen molar-refractivity contribution >= 4 is 17.6 Å². The standard InChI is InChI=1S/C14H21N5O2/c1-9-7-10(8-11(16-9)17-15)12(20)19-6-5-18(4)13(21)14(19,2)3/h7-8H,5-6,15H2,1-4H3,(H,16,17). The van der Waals surface area contributed by atoms with Crippen LogP contribution in [0.1, 0.15) is 29.9 Å². The van der Waals surface area contributed by atoms with Crippen molar-refractivity contribution in [3.05, 3.63) is 23.4 Å².